The molecule has 2 rings (SSSR count). The Bertz CT molecular complexity index is 341. The highest BCUT2D eigenvalue weighted by Gasteiger charge is 2.17. The second-order valence-electron chi connectivity index (χ2n) is 7.70. The van der Waals surface area contributed by atoms with Crippen LogP contribution in [-0.2, 0) is 4.79 Å². The van der Waals surface area contributed by atoms with Crippen LogP contribution in [0.25, 0.3) is 0 Å². The van der Waals surface area contributed by atoms with Crippen molar-refractivity contribution in [2.24, 2.45) is 5.92 Å². The average molecular weight is 387 g/mol. The zero-order chi connectivity index (χ0) is 17.6. The molecule has 2 fully saturated rings. The molecular formula is C20H38N2OS2. The van der Waals surface area contributed by atoms with Gasteiger partial charge in [0, 0.05) is 37.1 Å². The highest BCUT2D eigenvalue weighted by molar-refractivity contribution is 8.76. The minimum Gasteiger partial charge on any atom is -0.356 e. The number of carbonyl (C=O) groups is 1. The van der Waals surface area contributed by atoms with Crippen LogP contribution >= 0.6 is 21.6 Å². The molecule has 1 amide bonds. The zero-order valence-electron chi connectivity index (χ0n) is 15.9. The molecule has 0 aromatic rings. The van der Waals surface area contributed by atoms with E-state index >= 15 is 0 Å². The van der Waals surface area contributed by atoms with Gasteiger partial charge in [-0.1, -0.05) is 73.0 Å². The van der Waals surface area contributed by atoms with Gasteiger partial charge < -0.3 is 10.6 Å². The molecular weight excluding hydrogens is 348 g/mol. The summed E-state index contributed by atoms with van der Waals surface area (Å²) in [6.07, 6.45) is 17.3. The van der Waals surface area contributed by atoms with Crippen molar-refractivity contribution in [3.63, 3.8) is 0 Å². The molecule has 3 nitrogen and oxygen atoms in total. The second kappa shape index (κ2) is 14.2. The van der Waals surface area contributed by atoms with E-state index in [1.807, 2.05) is 21.6 Å². The van der Waals surface area contributed by atoms with E-state index in [2.05, 4.69) is 10.6 Å². The van der Waals surface area contributed by atoms with E-state index in [0.29, 0.717) is 6.42 Å². The molecule has 0 radical (unpaired) electrons. The maximum Gasteiger partial charge on any atom is 0.220 e. The van der Waals surface area contributed by atoms with Crippen molar-refractivity contribution >= 4 is 27.5 Å². The van der Waals surface area contributed by atoms with Crippen LogP contribution in [-0.4, -0.2) is 36.5 Å². The number of hydrogen-bond donors (Lipinski definition) is 2. The van der Waals surface area contributed by atoms with Gasteiger partial charge in [-0.05, 0) is 31.6 Å². The lowest BCUT2D eigenvalue weighted by atomic mass is 9.85. The van der Waals surface area contributed by atoms with Crippen molar-refractivity contribution in [3.05, 3.63) is 0 Å². The van der Waals surface area contributed by atoms with Crippen LogP contribution in [0.15, 0.2) is 0 Å². The highest BCUT2D eigenvalue weighted by atomic mass is 33.1. The second-order valence-corrected chi connectivity index (χ2v) is 10.4. The molecule has 2 N–H and O–H groups in total. The van der Waals surface area contributed by atoms with E-state index in [-0.39, 0.29) is 5.91 Å². The van der Waals surface area contributed by atoms with E-state index in [4.69, 9.17) is 0 Å². The maximum atomic E-state index is 11.7. The number of rotatable bonds is 10. The molecule has 5 heteroatoms. The summed E-state index contributed by atoms with van der Waals surface area (Å²) in [6.45, 7) is 2.01. The summed E-state index contributed by atoms with van der Waals surface area (Å²) in [5, 5.41) is 6.85. The zero-order valence-corrected chi connectivity index (χ0v) is 17.5. The van der Waals surface area contributed by atoms with Crippen molar-refractivity contribution in [3.8, 4) is 0 Å². The van der Waals surface area contributed by atoms with Gasteiger partial charge in [0.15, 0.2) is 0 Å². The molecule has 0 bridgehead atoms. The van der Waals surface area contributed by atoms with E-state index in [0.717, 1.165) is 36.6 Å². The molecule has 0 unspecified atom stereocenters. The molecule has 25 heavy (non-hydrogen) atoms. The molecule has 2 aliphatic carbocycles. The van der Waals surface area contributed by atoms with Crippen LogP contribution in [0.1, 0.15) is 83.5 Å². The van der Waals surface area contributed by atoms with E-state index in [9.17, 15) is 4.79 Å². The number of hydrogen-bond acceptors (Lipinski definition) is 4. The first-order valence-corrected chi connectivity index (χ1v) is 13.1. The fourth-order valence-corrected chi connectivity index (χ4v) is 5.53. The van der Waals surface area contributed by atoms with Crippen molar-refractivity contribution in [1.82, 2.24) is 10.6 Å². The fourth-order valence-electron chi connectivity index (χ4n) is 3.61. The third kappa shape index (κ3) is 10.8. The third-order valence-corrected chi connectivity index (χ3v) is 7.94. The monoisotopic (exact) mass is 386 g/mol. The predicted octanol–water partition coefficient (Wildman–Crippen LogP) is 5.16. The van der Waals surface area contributed by atoms with Gasteiger partial charge in [-0.3, -0.25) is 4.79 Å². The molecule has 0 saturated heterocycles. The van der Waals surface area contributed by atoms with Gasteiger partial charge in [0.25, 0.3) is 0 Å². The summed E-state index contributed by atoms with van der Waals surface area (Å²) in [5.74, 6) is 3.08. The van der Waals surface area contributed by atoms with Crippen LogP contribution in [0.2, 0.25) is 0 Å². The van der Waals surface area contributed by atoms with Gasteiger partial charge in [0.2, 0.25) is 5.91 Å². The van der Waals surface area contributed by atoms with Crippen molar-refractivity contribution in [1.29, 1.82) is 0 Å². The Balaban J connectivity index is 1.39. The summed E-state index contributed by atoms with van der Waals surface area (Å²) in [7, 11) is 3.77. The molecule has 0 spiro atoms. The first kappa shape index (κ1) is 21.4. The standard InChI is InChI=1S/C20H38N2OS2/c23-20(22-17-18-9-8-10-18)13-15-24-25-16-14-21-19-11-6-4-2-1-3-5-7-12-19/h18-19,21H,1-17H2,(H,22,23). The van der Waals surface area contributed by atoms with Crippen LogP contribution in [0, 0.1) is 5.92 Å². The summed E-state index contributed by atoms with van der Waals surface area (Å²) in [4.78, 5) is 11.7. The van der Waals surface area contributed by atoms with Gasteiger partial charge in [0.05, 0.1) is 0 Å². The molecule has 0 aromatic carbocycles. The Morgan fingerprint density at radius 2 is 1.44 bits per heavy atom. The normalized spacial score (nSPS) is 20.8. The minimum atomic E-state index is 0.236. The Morgan fingerprint density at radius 3 is 2.08 bits per heavy atom. The molecule has 2 saturated carbocycles. The Hall–Kier alpha value is 0.130. The fraction of sp³-hybridized carbons (Fsp3) is 0.950. The quantitative estimate of drug-likeness (QED) is 0.402. The summed E-state index contributed by atoms with van der Waals surface area (Å²) in [6, 6.07) is 0.737. The highest BCUT2D eigenvalue weighted by Crippen LogP contribution is 2.25. The van der Waals surface area contributed by atoms with Gasteiger partial charge in [-0.2, -0.15) is 0 Å². The Morgan fingerprint density at radius 1 is 0.800 bits per heavy atom. The van der Waals surface area contributed by atoms with Crippen LogP contribution in [0.4, 0.5) is 0 Å². The van der Waals surface area contributed by atoms with Crippen molar-refractivity contribution < 1.29 is 4.79 Å². The van der Waals surface area contributed by atoms with Gasteiger partial charge >= 0.3 is 0 Å². The van der Waals surface area contributed by atoms with Crippen LogP contribution in [0.3, 0.4) is 0 Å². The predicted molar refractivity (Wildman–Crippen MR) is 113 cm³/mol. The van der Waals surface area contributed by atoms with Gasteiger partial charge in [-0.15, -0.1) is 0 Å². The molecule has 0 aromatic heterocycles. The summed E-state index contributed by atoms with van der Waals surface area (Å²) < 4.78 is 0. The SMILES string of the molecule is O=C(CCSSCCNC1CCCCCCCCC1)NCC1CCC1. The van der Waals surface area contributed by atoms with Crippen molar-refractivity contribution in [2.45, 2.75) is 89.5 Å². The first-order chi connectivity index (χ1) is 12.3. The Kier molecular flexibility index (Phi) is 12.2. The first-order valence-electron chi connectivity index (χ1n) is 10.6. The lowest BCUT2D eigenvalue weighted by Crippen LogP contribution is -2.32. The molecule has 146 valence electrons. The molecule has 2 aliphatic rings. The van der Waals surface area contributed by atoms with Gasteiger partial charge in [0.1, 0.15) is 0 Å². The smallest absolute Gasteiger partial charge is 0.220 e. The van der Waals surface area contributed by atoms with E-state index < -0.39 is 0 Å². The lowest BCUT2D eigenvalue weighted by molar-refractivity contribution is -0.120. The van der Waals surface area contributed by atoms with E-state index in [1.165, 1.54) is 77.0 Å². The number of amides is 1. The largest absolute Gasteiger partial charge is 0.356 e. The topological polar surface area (TPSA) is 41.1 Å². The number of carbonyl (C=O) groups excluding carboxylic acids is 1. The van der Waals surface area contributed by atoms with E-state index in [1.54, 1.807) is 0 Å². The van der Waals surface area contributed by atoms with Crippen LogP contribution < -0.4 is 10.6 Å². The summed E-state index contributed by atoms with van der Waals surface area (Å²) >= 11 is 0. The van der Waals surface area contributed by atoms with Gasteiger partial charge in [-0.25, -0.2) is 0 Å². The summed E-state index contributed by atoms with van der Waals surface area (Å²) in [5.41, 5.74) is 0. The average Bonchev–Trinajstić information content (AvgIpc) is 2.58. The third-order valence-electron chi connectivity index (χ3n) is 5.53. The molecule has 0 aliphatic heterocycles. The molecule has 0 atom stereocenters. The van der Waals surface area contributed by atoms with Crippen molar-refractivity contribution in [2.75, 3.05) is 24.6 Å². The van der Waals surface area contributed by atoms with Crippen LogP contribution in [0.5, 0.6) is 0 Å². The number of nitrogens with one attached hydrogen (secondary N) is 2. The Labute approximate surface area is 163 Å². The molecule has 0 heterocycles. The maximum absolute atomic E-state index is 11.7. The lowest BCUT2D eigenvalue weighted by Gasteiger charge is -2.25. The minimum absolute atomic E-state index is 0.236.